The highest BCUT2D eigenvalue weighted by Gasteiger charge is 2.26. The number of carboxylic acids is 1. The zero-order chi connectivity index (χ0) is 14.3. The molecule has 19 heavy (non-hydrogen) atoms. The van der Waals surface area contributed by atoms with E-state index in [0.717, 1.165) is 25.7 Å². The molecule has 0 unspecified atom stereocenters. The Labute approximate surface area is 119 Å². The first kappa shape index (κ1) is 16.8. The number of aliphatic carboxylic acids is 1. The van der Waals surface area contributed by atoms with Crippen LogP contribution in [0.5, 0.6) is 0 Å². The van der Waals surface area contributed by atoms with Crippen molar-refractivity contribution in [2.75, 3.05) is 17.8 Å². The summed E-state index contributed by atoms with van der Waals surface area (Å²) in [4.78, 5) is 11.0. The predicted octanol–water partition coefficient (Wildman–Crippen LogP) is 1.69. The first-order chi connectivity index (χ1) is 8.94. The molecule has 1 rings (SSSR count). The van der Waals surface area contributed by atoms with Gasteiger partial charge in [-0.3, -0.25) is 4.79 Å². The first-order valence-electron chi connectivity index (χ1n) is 6.66. The van der Waals surface area contributed by atoms with Crippen molar-refractivity contribution in [2.24, 2.45) is 5.92 Å². The molecule has 2 N–H and O–H groups in total. The molecule has 0 aliphatic heterocycles. The molecular formula is C12H23NO4S2. The molecule has 0 aromatic rings. The quantitative estimate of drug-likeness (QED) is 0.713. The standard InChI is InChI=1S/C12H23NO4S2/c1-18-8-7-11(12(14)15)13-19(16,17)9-10-5-3-2-4-6-10/h10-11,13H,2-9H2,1H3,(H,14,15)/t11-/m0/s1. The van der Waals surface area contributed by atoms with Gasteiger partial charge in [0.15, 0.2) is 0 Å². The minimum atomic E-state index is -3.50. The normalized spacial score (nSPS) is 19.2. The number of rotatable bonds is 8. The smallest absolute Gasteiger partial charge is 0.321 e. The van der Waals surface area contributed by atoms with Crippen LogP contribution in [0.15, 0.2) is 0 Å². The molecule has 7 heteroatoms. The topological polar surface area (TPSA) is 83.5 Å². The number of carbonyl (C=O) groups is 1. The predicted molar refractivity (Wildman–Crippen MR) is 77.9 cm³/mol. The van der Waals surface area contributed by atoms with E-state index in [-0.39, 0.29) is 11.7 Å². The second-order valence-corrected chi connectivity index (χ2v) is 7.86. The Morgan fingerprint density at radius 2 is 2.00 bits per heavy atom. The SMILES string of the molecule is CSCC[C@H](NS(=O)(=O)CC1CCCCC1)C(=O)O. The maximum atomic E-state index is 12.0. The summed E-state index contributed by atoms with van der Waals surface area (Å²) < 4.78 is 26.3. The highest BCUT2D eigenvalue weighted by atomic mass is 32.2. The third kappa shape index (κ3) is 6.63. The maximum absolute atomic E-state index is 12.0. The Morgan fingerprint density at radius 1 is 1.37 bits per heavy atom. The first-order valence-corrected chi connectivity index (χ1v) is 9.71. The summed E-state index contributed by atoms with van der Waals surface area (Å²) in [5.41, 5.74) is 0. The van der Waals surface area contributed by atoms with Gasteiger partial charge in [0.05, 0.1) is 5.75 Å². The summed E-state index contributed by atoms with van der Waals surface area (Å²) in [7, 11) is -3.50. The summed E-state index contributed by atoms with van der Waals surface area (Å²) in [5.74, 6) is -0.221. The van der Waals surface area contributed by atoms with E-state index >= 15 is 0 Å². The largest absolute Gasteiger partial charge is 0.480 e. The van der Waals surface area contributed by atoms with Crippen molar-refractivity contribution in [1.29, 1.82) is 0 Å². The Kier molecular flexibility index (Phi) is 7.17. The lowest BCUT2D eigenvalue weighted by Crippen LogP contribution is -2.43. The van der Waals surface area contributed by atoms with E-state index in [4.69, 9.17) is 5.11 Å². The van der Waals surface area contributed by atoms with Gasteiger partial charge in [-0.1, -0.05) is 19.3 Å². The minimum absolute atomic E-state index is 0.0655. The average molecular weight is 309 g/mol. The Hall–Kier alpha value is -0.270. The van der Waals surface area contributed by atoms with E-state index in [1.165, 1.54) is 18.2 Å². The van der Waals surface area contributed by atoms with Gasteiger partial charge in [0.1, 0.15) is 6.04 Å². The van der Waals surface area contributed by atoms with Gasteiger partial charge < -0.3 is 5.11 Å². The van der Waals surface area contributed by atoms with Crippen molar-refractivity contribution >= 4 is 27.8 Å². The van der Waals surface area contributed by atoms with Gasteiger partial charge >= 0.3 is 5.97 Å². The van der Waals surface area contributed by atoms with E-state index in [0.29, 0.717) is 12.2 Å². The number of carboxylic acid groups (broad SMARTS) is 1. The molecule has 1 fully saturated rings. The molecule has 0 saturated heterocycles. The van der Waals surface area contributed by atoms with E-state index in [9.17, 15) is 13.2 Å². The fraction of sp³-hybridized carbons (Fsp3) is 0.917. The third-order valence-corrected chi connectivity index (χ3v) is 5.61. The molecule has 1 aliphatic carbocycles. The minimum Gasteiger partial charge on any atom is -0.480 e. The van der Waals surface area contributed by atoms with Crippen LogP contribution in [-0.2, 0) is 14.8 Å². The van der Waals surface area contributed by atoms with E-state index in [2.05, 4.69) is 4.72 Å². The van der Waals surface area contributed by atoms with Gasteiger partial charge in [-0.05, 0) is 37.2 Å². The van der Waals surface area contributed by atoms with Crippen molar-refractivity contribution in [3.05, 3.63) is 0 Å². The second-order valence-electron chi connectivity index (χ2n) is 5.08. The number of thioether (sulfide) groups is 1. The maximum Gasteiger partial charge on any atom is 0.321 e. The zero-order valence-electron chi connectivity index (χ0n) is 11.3. The van der Waals surface area contributed by atoms with Crippen molar-refractivity contribution in [3.8, 4) is 0 Å². The van der Waals surface area contributed by atoms with Gasteiger partial charge in [0.2, 0.25) is 10.0 Å². The van der Waals surface area contributed by atoms with Crippen LogP contribution in [0.3, 0.4) is 0 Å². The van der Waals surface area contributed by atoms with Crippen molar-refractivity contribution < 1.29 is 18.3 Å². The molecule has 0 spiro atoms. The van der Waals surface area contributed by atoms with E-state index in [1.54, 1.807) is 0 Å². The van der Waals surface area contributed by atoms with Crippen LogP contribution in [0.2, 0.25) is 0 Å². The van der Waals surface area contributed by atoms with Crippen molar-refractivity contribution in [1.82, 2.24) is 4.72 Å². The number of hydrogen-bond donors (Lipinski definition) is 2. The highest BCUT2D eigenvalue weighted by Crippen LogP contribution is 2.24. The van der Waals surface area contributed by atoms with Crippen LogP contribution in [0.1, 0.15) is 38.5 Å². The average Bonchev–Trinajstić information content (AvgIpc) is 2.34. The van der Waals surface area contributed by atoms with Crippen LogP contribution in [0, 0.1) is 5.92 Å². The second kappa shape index (κ2) is 8.11. The molecule has 112 valence electrons. The zero-order valence-corrected chi connectivity index (χ0v) is 12.9. The van der Waals surface area contributed by atoms with Crippen molar-refractivity contribution in [3.63, 3.8) is 0 Å². The molecule has 5 nitrogen and oxygen atoms in total. The molecule has 0 aromatic heterocycles. The molecule has 0 radical (unpaired) electrons. The van der Waals surface area contributed by atoms with E-state index < -0.39 is 22.0 Å². The lowest BCUT2D eigenvalue weighted by atomic mass is 9.91. The van der Waals surface area contributed by atoms with Gasteiger partial charge in [0.25, 0.3) is 0 Å². The molecule has 1 atom stereocenters. The Morgan fingerprint density at radius 3 is 2.53 bits per heavy atom. The highest BCUT2D eigenvalue weighted by molar-refractivity contribution is 7.98. The summed E-state index contributed by atoms with van der Waals surface area (Å²) in [6.45, 7) is 0. The fourth-order valence-electron chi connectivity index (χ4n) is 2.40. The summed E-state index contributed by atoms with van der Waals surface area (Å²) in [6.07, 6.45) is 7.39. The molecular weight excluding hydrogens is 286 g/mol. The van der Waals surface area contributed by atoms with Crippen LogP contribution < -0.4 is 4.72 Å². The van der Waals surface area contributed by atoms with Crippen LogP contribution >= 0.6 is 11.8 Å². The summed E-state index contributed by atoms with van der Waals surface area (Å²) >= 11 is 1.51. The van der Waals surface area contributed by atoms with Gasteiger partial charge in [-0.25, -0.2) is 13.1 Å². The van der Waals surface area contributed by atoms with Crippen molar-refractivity contribution in [2.45, 2.75) is 44.6 Å². The van der Waals surface area contributed by atoms with Crippen LogP contribution in [-0.4, -0.2) is 43.3 Å². The lowest BCUT2D eigenvalue weighted by Gasteiger charge is -2.22. The molecule has 0 bridgehead atoms. The number of hydrogen-bond acceptors (Lipinski definition) is 4. The third-order valence-electron chi connectivity index (χ3n) is 3.41. The molecule has 0 aromatic carbocycles. The lowest BCUT2D eigenvalue weighted by molar-refractivity contribution is -0.139. The Bertz CT molecular complexity index is 377. The monoisotopic (exact) mass is 309 g/mol. The van der Waals surface area contributed by atoms with Crippen LogP contribution in [0.4, 0.5) is 0 Å². The number of nitrogens with one attached hydrogen (secondary N) is 1. The molecule has 0 amide bonds. The van der Waals surface area contributed by atoms with Gasteiger partial charge in [0, 0.05) is 0 Å². The molecule has 1 aliphatic rings. The van der Waals surface area contributed by atoms with E-state index in [1.807, 2.05) is 6.26 Å². The fourth-order valence-corrected chi connectivity index (χ4v) is 4.57. The van der Waals surface area contributed by atoms with Gasteiger partial charge in [-0.2, -0.15) is 11.8 Å². The summed E-state index contributed by atoms with van der Waals surface area (Å²) in [5, 5.41) is 9.03. The molecule has 1 saturated carbocycles. The number of sulfonamides is 1. The summed E-state index contributed by atoms with van der Waals surface area (Å²) in [6, 6.07) is -0.999. The molecule has 0 heterocycles. The Balaban J connectivity index is 2.52. The van der Waals surface area contributed by atoms with Crippen LogP contribution in [0.25, 0.3) is 0 Å². The van der Waals surface area contributed by atoms with Gasteiger partial charge in [-0.15, -0.1) is 0 Å².